The van der Waals surface area contributed by atoms with E-state index in [1.807, 2.05) is 6.07 Å². The number of aliphatic carboxylic acids is 1. The summed E-state index contributed by atoms with van der Waals surface area (Å²) in [5.41, 5.74) is -0.917. The standard InChI is InChI=1S/C17H18N2O4S/c20-16(21)17-7-2-4-13(17)10-19(11-17)24(22,23)15-5-1-3-12-9-18-8-6-14(12)15/h1,3,5-6,8-9,13H,2,4,7,10-11H2,(H,20,21)/t13-,17+/m0/s1. The highest BCUT2D eigenvalue weighted by Crippen LogP contribution is 2.50. The SMILES string of the molecule is O=C(O)[C@@]12CCC[C@H]1CN(S(=O)(=O)c1cccc3cnccc13)C2. The van der Waals surface area contributed by atoms with Crippen LogP contribution in [0.15, 0.2) is 41.6 Å². The molecule has 2 aromatic rings. The molecule has 0 amide bonds. The van der Waals surface area contributed by atoms with Crippen LogP contribution in [0.2, 0.25) is 0 Å². The smallest absolute Gasteiger partial charge is 0.311 e. The van der Waals surface area contributed by atoms with Crippen LogP contribution in [-0.4, -0.2) is 41.9 Å². The molecule has 126 valence electrons. The van der Waals surface area contributed by atoms with Crippen LogP contribution in [0.4, 0.5) is 0 Å². The largest absolute Gasteiger partial charge is 0.481 e. The lowest BCUT2D eigenvalue weighted by Crippen LogP contribution is -2.37. The Hall–Kier alpha value is -1.99. The molecule has 1 aliphatic heterocycles. The summed E-state index contributed by atoms with van der Waals surface area (Å²) in [4.78, 5) is 16.0. The van der Waals surface area contributed by atoms with Crippen molar-refractivity contribution < 1.29 is 18.3 Å². The summed E-state index contributed by atoms with van der Waals surface area (Å²) in [6.45, 7) is 0.354. The predicted molar refractivity (Wildman–Crippen MR) is 87.9 cm³/mol. The molecule has 1 saturated carbocycles. The summed E-state index contributed by atoms with van der Waals surface area (Å²) in [7, 11) is -3.74. The zero-order chi connectivity index (χ0) is 16.9. The zero-order valence-corrected chi connectivity index (χ0v) is 13.9. The maximum atomic E-state index is 13.2. The summed E-state index contributed by atoms with van der Waals surface area (Å²) in [6.07, 6.45) is 5.38. The second-order valence-electron chi connectivity index (χ2n) is 6.70. The van der Waals surface area contributed by atoms with Gasteiger partial charge in [-0.15, -0.1) is 0 Å². The second-order valence-corrected chi connectivity index (χ2v) is 8.61. The van der Waals surface area contributed by atoms with Gasteiger partial charge in [0.05, 0.1) is 10.3 Å². The topological polar surface area (TPSA) is 87.6 Å². The Morgan fingerprint density at radius 2 is 2.17 bits per heavy atom. The normalized spacial score (nSPS) is 27.4. The van der Waals surface area contributed by atoms with Gasteiger partial charge in [-0.25, -0.2) is 8.42 Å². The number of sulfonamides is 1. The van der Waals surface area contributed by atoms with E-state index in [1.165, 1.54) is 4.31 Å². The first kappa shape index (κ1) is 15.5. The van der Waals surface area contributed by atoms with Gasteiger partial charge in [0, 0.05) is 36.3 Å². The number of benzene rings is 1. The first-order valence-corrected chi connectivity index (χ1v) is 9.45. The lowest BCUT2D eigenvalue weighted by molar-refractivity contribution is -0.149. The van der Waals surface area contributed by atoms with Gasteiger partial charge in [0.25, 0.3) is 0 Å². The first-order valence-electron chi connectivity index (χ1n) is 8.01. The van der Waals surface area contributed by atoms with E-state index in [2.05, 4.69) is 4.98 Å². The molecule has 1 aliphatic carbocycles. The Balaban J connectivity index is 1.78. The number of carbonyl (C=O) groups is 1. The van der Waals surface area contributed by atoms with Crippen molar-refractivity contribution in [3.63, 3.8) is 0 Å². The van der Waals surface area contributed by atoms with E-state index in [0.29, 0.717) is 11.8 Å². The molecule has 1 aromatic carbocycles. The summed E-state index contributed by atoms with van der Waals surface area (Å²) < 4.78 is 27.7. The minimum atomic E-state index is -3.74. The van der Waals surface area contributed by atoms with Crippen LogP contribution in [0, 0.1) is 11.3 Å². The lowest BCUT2D eigenvalue weighted by atomic mass is 9.81. The van der Waals surface area contributed by atoms with Gasteiger partial charge >= 0.3 is 5.97 Å². The second kappa shape index (κ2) is 5.26. The summed E-state index contributed by atoms with van der Waals surface area (Å²) >= 11 is 0. The molecule has 0 radical (unpaired) electrons. The average Bonchev–Trinajstić information content (AvgIpc) is 3.13. The number of hydrogen-bond acceptors (Lipinski definition) is 4. The molecule has 0 unspecified atom stereocenters. The fourth-order valence-corrected chi connectivity index (χ4v) is 6.00. The molecule has 7 heteroatoms. The summed E-state index contributed by atoms with van der Waals surface area (Å²) in [6, 6.07) is 6.78. The van der Waals surface area contributed by atoms with Crippen LogP contribution < -0.4 is 0 Å². The zero-order valence-electron chi connectivity index (χ0n) is 13.1. The van der Waals surface area contributed by atoms with Crippen LogP contribution >= 0.6 is 0 Å². The van der Waals surface area contributed by atoms with Gasteiger partial charge in [0.15, 0.2) is 0 Å². The van der Waals surface area contributed by atoms with Crippen LogP contribution in [0.5, 0.6) is 0 Å². The molecule has 24 heavy (non-hydrogen) atoms. The van der Waals surface area contributed by atoms with Crippen molar-refractivity contribution in [3.05, 3.63) is 36.7 Å². The highest BCUT2D eigenvalue weighted by Gasteiger charge is 2.57. The monoisotopic (exact) mass is 346 g/mol. The Kier molecular flexibility index (Phi) is 3.40. The van der Waals surface area contributed by atoms with Crippen LogP contribution in [-0.2, 0) is 14.8 Å². The van der Waals surface area contributed by atoms with E-state index in [-0.39, 0.29) is 23.9 Å². The number of nitrogens with zero attached hydrogens (tertiary/aromatic N) is 2. The molecule has 2 aliphatic rings. The minimum absolute atomic E-state index is 0.0663. The number of hydrogen-bond donors (Lipinski definition) is 1. The number of carboxylic acid groups (broad SMARTS) is 1. The van der Waals surface area contributed by atoms with E-state index in [1.54, 1.807) is 30.6 Å². The van der Waals surface area contributed by atoms with E-state index in [0.717, 1.165) is 18.2 Å². The van der Waals surface area contributed by atoms with Crippen LogP contribution in [0.3, 0.4) is 0 Å². The highest BCUT2D eigenvalue weighted by atomic mass is 32.2. The Morgan fingerprint density at radius 1 is 1.33 bits per heavy atom. The minimum Gasteiger partial charge on any atom is -0.481 e. The fourth-order valence-electron chi connectivity index (χ4n) is 4.23. The van der Waals surface area contributed by atoms with Crippen molar-refractivity contribution in [2.45, 2.75) is 24.2 Å². The number of carboxylic acids is 1. The molecule has 4 rings (SSSR count). The molecule has 1 aromatic heterocycles. The van der Waals surface area contributed by atoms with Crippen LogP contribution in [0.1, 0.15) is 19.3 Å². The maximum Gasteiger partial charge on any atom is 0.311 e. The Labute approximate surface area is 140 Å². The van der Waals surface area contributed by atoms with Crippen molar-refractivity contribution >= 4 is 26.8 Å². The van der Waals surface area contributed by atoms with Crippen molar-refractivity contribution in [3.8, 4) is 0 Å². The third-order valence-corrected chi connectivity index (χ3v) is 7.39. The van der Waals surface area contributed by atoms with Crippen LogP contribution in [0.25, 0.3) is 10.8 Å². The fraction of sp³-hybridized carbons (Fsp3) is 0.412. The van der Waals surface area contributed by atoms with Gasteiger partial charge < -0.3 is 5.11 Å². The Bertz CT molecular complexity index is 922. The molecular weight excluding hydrogens is 328 g/mol. The van der Waals surface area contributed by atoms with Crippen molar-refractivity contribution in [1.29, 1.82) is 0 Å². The maximum absolute atomic E-state index is 13.2. The third-order valence-electron chi connectivity index (χ3n) is 5.52. The molecular formula is C17H18N2O4S. The van der Waals surface area contributed by atoms with Gasteiger partial charge in [-0.05, 0) is 30.9 Å². The van der Waals surface area contributed by atoms with E-state index in [9.17, 15) is 18.3 Å². The quantitative estimate of drug-likeness (QED) is 0.920. The molecule has 6 nitrogen and oxygen atoms in total. The first-order chi connectivity index (χ1) is 11.4. The van der Waals surface area contributed by atoms with E-state index < -0.39 is 21.4 Å². The Morgan fingerprint density at radius 3 is 2.92 bits per heavy atom. The average molecular weight is 346 g/mol. The predicted octanol–water partition coefficient (Wildman–Crippen LogP) is 2.11. The highest BCUT2D eigenvalue weighted by molar-refractivity contribution is 7.89. The molecule has 0 bridgehead atoms. The van der Waals surface area contributed by atoms with Crippen molar-refractivity contribution in [2.75, 3.05) is 13.1 Å². The van der Waals surface area contributed by atoms with Gasteiger partial charge in [-0.3, -0.25) is 9.78 Å². The number of rotatable bonds is 3. The van der Waals surface area contributed by atoms with Crippen molar-refractivity contribution in [1.82, 2.24) is 9.29 Å². The van der Waals surface area contributed by atoms with Gasteiger partial charge in [-0.1, -0.05) is 18.6 Å². The number of pyridine rings is 1. The lowest BCUT2D eigenvalue weighted by Gasteiger charge is -2.23. The van der Waals surface area contributed by atoms with Crippen molar-refractivity contribution in [2.24, 2.45) is 11.3 Å². The number of fused-ring (bicyclic) bond motifs is 2. The molecule has 2 heterocycles. The number of aromatic nitrogens is 1. The van der Waals surface area contributed by atoms with E-state index in [4.69, 9.17) is 0 Å². The molecule has 1 N–H and O–H groups in total. The van der Waals surface area contributed by atoms with Gasteiger partial charge in [0.1, 0.15) is 0 Å². The van der Waals surface area contributed by atoms with Gasteiger partial charge in [-0.2, -0.15) is 4.31 Å². The third kappa shape index (κ3) is 2.08. The molecule has 0 spiro atoms. The van der Waals surface area contributed by atoms with Gasteiger partial charge in [0.2, 0.25) is 10.0 Å². The summed E-state index contributed by atoms with van der Waals surface area (Å²) in [5.74, 6) is -0.966. The molecule has 1 saturated heterocycles. The molecule has 2 atom stereocenters. The van der Waals surface area contributed by atoms with E-state index >= 15 is 0 Å². The molecule has 2 fully saturated rings. The summed E-state index contributed by atoms with van der Waals surface area (Å²) in [5, 5.41) is 11.0.